The van der Waals surface area contributed by atoms with Crippen molar-refractivity contribution in [3.05, 3.63) is 45.1 Å². The number of aliphatic hydroxyl groups is 1. The molecule has 3 nitrogen and oxygen atoms in total. The Hall–Kier alpha value is -0.780. The van der Waals surface area contributed by atoms with Crippen molar-refractivity contribution >= 4 is 27.3 Å². The van der Waals surface area contributed by atoms with Gasteiger partial charge >= 0.3 is 0 Å². The van der Waals surface area contributed by atoms with Gasteiger partial charge in [0.2, 0.25) is 0 Å². The van der Waals surface area contributed by atoms with Crippen molar-refractivity contribution in [3.8, 4) is 0 Å². The Kier molecular flexibility index (Phi) is 2.90. The lowest BCUT2D eigenvalue weighted by molar-refractivity contribution is 0.218. The highest BCUT2D eigenvalue weighted by molar-refractivity contribution is 9.10. The highest BCUT2D eigenvalue weighted by Crippen LogP contribution is 2.28. The number of thiophene rings is 1. The lowest BCUT2D eigenvalue weighted by atomic mass is 10.2. The molecule has 1 N–H and O–H groups in total. The summed E-state index contributed by atoms with van der Waals surface area (Å²) in [7, 11) is 0. The van der Waals surface area contributed by atoms with Crippen molar-refractivity contribution in [1.82, 2.24) is 9.97 Å². The van der Waals surface area contributed by atoms with Gasteiger partial charge in [0.15, 0.2) is 0 Å². The van der Waals surface area contributed by atoms with Crippen LogP contribution >= 0.6 is 27.3 Å². The van der Waals surface area contributed by atoms with E-state index in [1.54, 1.807) is 18.6 Å². The molecule has 0 bridgehead atoms. The molecule has 0 amide bonds. The summed E-state index contributed by atoms with van der Waals surface area (Å²) in [6.45, 7) is 0. The maximum absolute atomic E-state index is 9.89. The lowest BCUT2D eigenvalue weighted by Crippen LogP contribution is -2.00. The molecule has 0 saturated heterocycles. The van der Waals surface area contributed by atoms with Crippen LogP contribution in [-0.2, 0) is 0 Å². The molecule has 2 rings (SSSR count). The normalized spacial score (nSPS) is 12.7. The Bertz CT molecular complexity index is 418. The third kappa shape index (κ3) is 2.00. The van der Waals surface area contributed by atoms with Gasteiger partial charge in [-0.2, -0.15) is 0 Å². The summed E-state index contributed by atoms with van der Waals surface area (Å²) < 4.78 is 0.973. The van der Waals surface area contributed by atoms with E-state index in [-0.39, 0.29) is 0 Å². The Morgan fingerprint density at radius 1 is 1.43 bits per heavy atom. The van der Waals surface area contributed by atoms with Gasteiger partial charge in [0.25, 0.3) is 0 Å². The molecular weight excluding hydrogens is 264 g/mol. The van der Waals surface area contributed by atoms with Crippen molar-refractivity contribution < 1.29 is 5.11 Å². The van der Waals surface area contributed by atoms with Gasteiger partial charge < -0.3 is 5.11 Å². The van der Waals surface area contributed by atoms with Crippen LogP contribution in [0.25, 0.3) is 0 Å². The van der Waals surface area contributed by atoms with Gasteiger partial charge in [0.05, 0.1) is 11.9 Å². The fraction of sp³-hybridized carbons (Fsp3) is 0.111. The van der Waals surface area contributed by atoms with Crippen molar-refractivity contribution in [1.29, 1.82) is 0 Å². The Labute approximate surface area is 93.6 Å². The highest BCUT2D eigenvalue weighted by Gasteiger charge is 2.13. The molecule has 0 aliphatic rings. The second-order valence-corrected chi connectivity index (χ2v) is 4.56. The molecule has 0 aromatic carbocycles. The predicted octanol–water partition coefficient (Wildman–Crippen LogP) is 2.38. The van der Waals surface area contributed by atoms with Crippen LogP contribution in [0.4, 0.5) is 0 Å². The molecule has 14 heavy (non-hydrogen) atoms. The zero-order valence-corrected chi connectivity index (χ0v) is 9.49. The SMILES string of the molecule is OC(c1cnccn1)c1cc(Br)cs1. The Morgan fingerprint density at radius 2 is 2.29 bits per heavy atom. The third-order valence-corrected chi connectivity index (χ3v) is 3.47. The molecule has 0 radical (unpaired) electrons. The van der Waals surface area contributed by atoms with E-state index in [1.807, 2.05) is 11.4 Å². The summed E-state index contributed by atoms with van der Waals surface area (Å²) in [5.41, 5.74) is 0.571. The van der Waals surface area contributed by atoms with Gasteiger partial charge in [-0.25, -0.2) is 0 Å². The fourth-order valence-electron chi connectivity index (χ4n) is 1.07. The second-order valence-electron chi connectivity index (χ2n) is 2.70. The van der Waals surface area contributed by atoms with Crippen LogP contribution in [0.1, 0.15) is 16.7 Å². The maximum Gasteiger partial charge on any atom is 0.132 e. The average Bonchev–Trinajstić information content (AvgIpc) is 2.65. The van der Waals surface area contributed by atoms with E-state index < -0.39 is 6.10 Å². The molecule has 2 aromatic heterocycles. The van der Waals surface area contributed by atoms with Gasteiger partial charge in [-0.3, -0.25) is 9.97 Å². The minimum absolute atomic E-state index is 0.571. The maximum atomic E-state index is 9.89. The van der Waals surface area contributed by atoms with Crippen molar-refractivity contribution in [2.75, 3.05) is 0 Å². The molecule has 0 aliphatic carbocycles. The van der Waals surface area contributed by atoms with E-state index >= 15 is 0 Å². The summed E-state index contributed by atoms with van der Waals surface area (Å²) in [4.78, 5) is 8.81. The molecule has 0 saturated carbocycles. The van der Waals surface area contributed by atoms with Crippen LogP contribution in [0.2, 0.25) is 0 Å². The highest BCUT2D eigenvalue weighted by atomic mass is 79.9. The zero-order valence-electron chi connectivity index (χ0n) is 7.09. The molecule has 72 valence electrons. The first-order chi connectivity index (χ1) is 6.77. The minimum Gasteiger partial charge on any atom is -0.381 e. The average molecular weight is 271 g/mol. The minimum atomic E-state index is -0.681. The van der Waals surface area contributed by atoms with Gasteiger partial charge in [0, 0.05) is 27.1 Å². The smallest absolute Gasteiger partial charge is 0.132 e. The Balaban J connectivity index is 2.29. The summed E-state index contributed by atoms with van der Waals surface area (Å²) in [6, 6.07) is 1.88. The molecule has 0 aliphatic heterocycles. The van der Waals surface area contributed by atoms with Crippen LogP contribution in [0.5, 0.6) is 0 Å². The van der Waals surface area contributed by atoms with Crippen molar-refractivity contribution in [3.63, 3.8) is 0 Å². The molecule has 1 unspecified atom stereocenters. The van der Waals surface area contributed by atoms with Gasteiger partial charge in [0.1, 0.15) is 6.10 Å². The van der Waals surface area contributed by atoms with E-state index in [0.717, 1.165) is 9.35 Å². The quantitative estimate of drug-likeness (QED) is 0.912. The van der Waals surface area contributed by atoms with E-state index in [9.17, 15) is 5.11 Å². The molecule has 5 heteroatoms. The van der Waals surface area contributed by atoms with Crippen LogP contribution < -0.4 is 0 Å². The van der Waals surface area contributed by atoms with E-state index in [2.05, 4.69) is 25.9 Å². The van der Waals surface area contributed by atoms with Crippen LogP contribution in [0.3, 0.4) is 0 Å². The number of aliphatic hydroxyl groups excluding tert-OH is 1. The molecule has 2 aromatic rings. The number of rotatable bonds is 2. The fourth-order valence-corrected chi connectivity index (χ4v) is 2.51. The number of halogens is 1. The molecular formula is C9H7BrN2OS. The van der Waals surface area contributed by atoms with E-state index in [1.165, 1.54) is 11.3 Å². The van der Waals surface area contributed by atoms with E-state index in [4.69, 9.17) is 0 Å². The summed E-state index contributed by atoms with van der Waals surface area (Å²) >= 11 is 4.82. The van der Waals surface area contributed by atoms with Gasteiger partial charge in [-0.1, -0.05) is 0 Å². The standard InChI is InChI=1S/C9H7BrN2OS/c10-6-3-8(14-5-6)9(13)7-4-11-1-2-12-7/h1-5,9,13H. The Morgan fingerprint density at radius 3 is 2.86 bits per heavy atom. The number of nitrogens with zero attached hydrogens (tertiary/aromatic N) is 2. The largest absolute Gasteiger partial charge is 0.381 e. The van der Waals surface area contributed by atoms with Gasteiger partial charge in [-0.05, 0) is 22.0 Å². The third-order valence-electron chi connectivity index (χ3n) is 1.72. The van der Waals surface area contributed by atoms with Crippen molar-refractivity contribution in [2.45, 2.75) is 6.10 Å². The second kappa shape index (κ2) is 4.16. The van der Waals surface area contributed by atoms with Crippen LogP contribution in [0.15, 0.2) is 34.5 Å². The number of hydrogen-bond acceptors (Lipinski definition) is 4. The first-order valence-corrected chi connectivity index (χ1v) is 5.62. The van der Waals surface area contributed by atoms with Crippen molar-refractivity contribution in [2.24, 2.45) is 0 Å². The zero-order chi connectivity index (χ0) is 9.97. The summed E-state index contributed by atoms with van der Waals surface area (Å²) in [5, 5.41) is 11.8. The number of aromatic nitrogens is 2. The van der Waals surface area contributed by atoms with E-state index in [0.29, 0.717) is 5.69 Å². The summed E-state index contributed by atoms with van der Waals surface area (Å²) in [6.07, 6.45) is 4.04. The van der Waals surface area contributed by atoms with Crippen LogP contribution in [0, 0.1) is 0 Å². The first-order valence-electron chi connectivity index (χ1n) is 3.95. The topological polar surface area (TPSA) is 46.0 Å². The first kappa shape index (κ1) is 9.76. The van der Waals surface area contributed by atoms with Gasteiger partial charge in [-0.15, -0.1) is 11.3 Å². The summed E-state index contributed by atoms with van der Waals surface area (Å²) in [5.74, 6) is 0. The lowest BCUT2D eigenvalue weighted by Gasteiger charge is -2.05. The molecule has 2 heterocycles. The predicted molar refractivity (Wildman–Crippen MR) is 58.1 cm³/mol. The molecule has 0 fully saturated rings. The number of hydrogen-bond donors (Lipinski definition) is 1. The molecule has 0 spiro atoms. The monoisotopic (exact) mass is 270 g/mol. The van der Waals surface area contributed by atoms with Crippen LogP contribution in [-0.4, -0.2) is 15.1 Å². The molecule has 1 atom stereocenters.